The predicted octanol–water partition coefficient (Wildman–Crippen LogP) is 2.92. The van der Waals surface area contributed by atoms with E-state index in [2.05, 4.69) is 30.3 Å². The molecular formula is C16H25N5. The van der Waals surface area contributed by atoms with Crippen molar-refractivity contribution in [1.29, 1.82) is 0 Å². The standard InChI is InChI=1S/C16H25N5/c1-3-11(4-2)14-10-16(19-13-6-5-12(17)9-13)21-15(20-14)7-8-18-21/h7-8,10-13,19H,3-6,9,17H2,1-2H3/t12-,13-/m0/s1. The van der Waals surface area contributed by atoms with E-state index < -0.39 is 0 Å². The summed E-state index contributed by atoms with van der Waals surface area (Å²) in [6, 6.07) is 4.92. The van der Waals surface area contributed by atoms with Crippen LogP contribution in [0.3, 0.4) is 0 Å². The molecule has 0 bridgehead atoms. The molecule has 1 saturated carbocycles. The fourth-order valence-electron chi connectivity index (χ4n) is 3.31. The molecule has 0 unspecified atom stereocenters. The van der Waals surface area contributed by atoms with Crippen molar-refractivity contribution in [3.8, 4) is 0 Å². The quantitative estimate of drug-likeness (QED) is 0.887. The molecule has 5 heteroatoms. The van der Waals surface area contributed by atoms with Gasteiger partial charge in [-0.3, -0.25) is 0 Å². The fourth-order valence-corrected chi connectivity index (χ4v) is 3.31. The molecule has 1 fully saturated rings. The molecule has 0 spiro atoms. The molecule has 1 aliphatic carbocycles. The summed E-state index contributed by atoms with van der Waals surface area (Å²) in [5.41, 5.74) is 8.10. The zero-order valence-corrected chi connectivity index (χ0v) is 12.9. The van der Waals surface area contributed by atoms with Gasteiger partial charge in [-0.05, 0) is 32.1 Å². The first-order chi connectivity index (χ1) is 10.2. The molecule has 2 aromatic heterocycles. The third kappa shape index (κ3) is 2.88. The van der Waals surface area contributed by atoms with Gasteiger partial charge in [-0.25, -0.2) is 4.98 Å². The van der Waals surface area contributed by atoms with Crippen molar-refractivity contribution in [2.24, 2.45) is 5.73 Å². The number of nitrogens with zero attached hydrogens (tertiary/aromatic N) is 3. The Kier molecular flexibility index (Phi) is 4.10. The number of aromatic nitrogens is 3. The SMILES string of the molecule is CCC(CC)c1cc(N[C@H]2CC[C@H](N)C2)n2nccc2n1. The summed E-state index contributed by atoms with van der Waals surface area (Å²) in [6.07, 6.45) is 7.30. The summed E-state index contributed by atoms with van der Waals surface area (Å²) >= 11 is 0. The van der Waals surface area contributed by atoms with Crippen LogP contribution in [0.5, 0.6) is 0 Å². The molecule has 2 heterocycles. The summed E-state index contributed by atoms with van der Waals surface area (Å²) in [5, 5.41) is 8.02. The monoisotopic (exact) mass is 287 g/mol. The third-order valence-corrected chi connectivity index (χ3v) is 4.61. The van der Waals surface area contributed by atoms with E-state index in [9.17, 15) is 0 Å². The van der Waals surface area contributed by atoms with Crippen LogP contribution in [-0.2, 0) is 0 Å². The van der Waals surface area contributed by atoms with E-state index in [4.69, 9.17) is 10.7 Å². The number of nitrogens with two attached hydrogens (primary N) is 1. The van der Waals surface area contributed by atoms with Crippen molar-refractivity contribution >= 4 is 11.5 Å². The Bertz CT molecular complexity index is 602. The number of hydrogen-bond donors (Lipinski definition) is 2. The average Bonchev–Trinajstić information content (AvgIpc) is 3.09. The minimum absolute atomic E-state index is 0.330. The Labute approximate surface area is 125 Å². The van der Waals surface area contributed by atoms with E-state index in [0.717, 1.165) is 49.3 Å². The molecular weight excluding hydrogens is 262 g/mol. The van der Waals surface area contributed by atoms with Gasteiger partial charge >= 0.3 is 0 Å². The van der Waals surface area contributed by atoms with Crippen LogP contribution in [0.15, 0.2) is 18.3 Å². The molecule has 114 valence electrons. The molecule has 0 aliphatic heterocycles. The van der Waals surface area contributed by atoms with Crippen LogP contribution in [0.4, 0.5) is 5.82 Å². The first kappa shape index (κ1) is 14.3. The van der Waals surface area contributed by atoms with E-state index in [1.165, 1.54) is 0 Å². The van der Waals surface area contributed by atoms with Crippen molar-refractivity contribution in [3.05, 3.63) is 24.0 Å². The Balaban J connectivity index is 1.93. The van der Waals surface area contributed by atoms with E-state index >= 15 is 0 Å². The highest BCUT2D eigenvalue weighted by Crippen LogP contribution is 2.27. The molecule has 3 rings (SSSR count). The van der Waals surface area contributed by atoms with Gasteiger partial charge in [0.15, 0.2) is 5.65 Å². The van der Waals surface area contributed by atoms with Gasteiger partial charge in [0.25, 0.3) is 0 Å². The van der Waals surface area contributed by atoms with Crippen LogP contribution in [0.25, 0.3) is 5.65 Å². The molecule has 2 aromatic rings. The lowest BCUT2D eigenvalue weighted by Crippen LogP contribution is -2.22. The van der Waals surface area contributed by atoms with Crippen LogP contribution in [-0.4, -0.2) is 26.7 Å². The van der Waals surface area contributed by atoms with Gasteiger partial charge in [0.1, 0.15) is 5.82 Å². The second kappa shape index (κ2) is 6.02. The van der Waals surface area contributed by atoms with E-state index in [-0.39, 0.29) is 0 Å². The molecule has 2 atom stereocenters. The van der Waals surface area contributed by atoms with E-state index in [0.29, 0.717) is 18.0 Å². The first-order valence-electron chi connectivity index (χ1n) is 8.08. The Hall–Kier alpha value is -1.62. The summed E-state index contributed by atoms with van der Waals surface area (Å²) in [6.45, 7) is 4.44. The highest BCUT2D eigenvalue weighted by molar-refractivity contribution is 5.50. The maximum Gasteiger partial charge on any atom is 0.157 e. The summed E-state index contributed by atoms with van der Waals surface area (Å²) < 4.78 is 1.90. The normalized spacial score (nSPS) is 22.3. The predicted molar refractivity (Wildman–Crippen MR) is 85.5 cm³/mol. The largest absolute Gasteiger partial charge is 0.367 e. The number of hydrogen-bond acceptors (Lipinski definition) is 4. The first-order valence-corrected chi connectivity index (χ1v) is 8.08. The second-order valence-electron chi connectivity index (χ2n) is 6.10. The van der Waals surface area contributed by atoms with E-state index in [1.54, 1.807) is 0 Å². The summed E-state index contributed by atoms with van der Waals surface area (Å²) in [7, 11) is 0. The van der Waals surface area contributed by atoms with Gasteiger partial charge in [-0.15, -0.1) is 0 Å². The maximum atomic E-state index is 6.02. The second-order valence-corrected chi connectivity index (χ2v) is 6.10. The summed E-state index contributed by atoms with van der Waals surface area (Å²) in [4.78, 5) is 4.76. The lowest BCUT2D eigenvalue weighted by Gasteiger charge is -2.18. The molecule has 0 amide bonds. The topological polar surface area (TPSA) is 68.2 Å². The lowest BCUT2D eigenvalue weighted by atomic mass is 9.99. The molecule has 0 saturated heterocycles. The van der Waals surface area contributed by atoms with E-state index in [1.807, 2.05) is 16.8 Å². The smallest absolute Gasteiger partial charge is 0.157 e. The maximum absolute atomic E-state index is 6.02. The molecule has 21 heavy (non-hydrogen) atoms. The van der Waals surface area contributed by atoms with Gasteiger partial charge in [-0.1, -0.05) is 13.8 Å². The van der Waals surface area contributed by atoms with Gasteiger partial charge in [0, 0.05) is 35.8 Å². The molecule has 3 N–H and O–H groups in total. The van der Waals surface area contributed by atoms with Crippen LogP contribution in [0.1, 0.15) is 57.6 Å². The van der Waals surface area contributed by atoms with Crippen LogP contribution in [0.2, 0.25) is 0 Å². The summed E-state index contributed by atoms with van der Waals surface area (Å²) in [5.74, 6) is 1.56. The number of fused-ring (bicyclic) bond motifs is 1. The molecule has 0 aromatic carbocycles. The van der Waals surface area contributed by atoms with Gasteiger partial charge in [0.2, 0.25) is 0 Å². The Morgan fingerprint density at radius 2 is 2.19 bits per heavy atom. The molecule has 5 nitrogen and oxygen atoms in total. The zero-order chi connectivity index (χ0) is 14.8. The van der Waals surface area contributed by atoms with Crippen molar-refractivity contribution in [2.45, 2.75) is 64.0 Å². The number of anilines is 1. The van der Waals surface area contributed by atoms with Crippen molar-refractivity contribution in [3.63, 3.8) is 0 Å². The van der Waals surface area contributed by atoms with Crippen LogP contribution < -0.4 is 11.1 Å². The van der Waals surface area contributed by atoms with Crippen LogP contribution >= 0.6 is 0 Å². The zero-order valence-electron chi connectivity index (χ0n) is 12.9. The minimum atomic E-state index is 0.330. The highest BCUT2D eigenvalue weighted by Gasteiger charge is 2.23. The average molecular weight is 287 g/mol. The van der Waals surface area contributed by atoms with Gasteiger partial charge in [-0.2, -0.15) is 9.61 Å². The molecule has 0 radical (unpaired) electrons. The van der Waals surface area contributed by atoms with Crippen molar-refractivity contribution in [1.82, 2.24) is 14.6 Å². The van der Waals surface area contributed by atoms with Crippen molar-refractivity contribution < 1.29 is 0 Å². The fraction of sp³-hybridized carbons (Fsp3) is 0.625. The van der Waals surface area contributed by atoms with Crippen LogP contribution in [0, 0.1) is 0 Å². The minimum Gasteiger partial charge on any atom is -0.367 e. The number of rotatable bonds is 5. The van der Waals surface area contributed by atoms with Crippen molar-refractivity contribution in [2.75, 3.05) is 5.32 Å². The highest BCUT2D eigenvalue weighted by atomic mass is 15.3. The number of nitrogens with one attached hydrogen (secondary N) is 1. The lowest BCUT2D eigenvalue weighted by molar-refractivity contribution is 0.621. The van der Waals surface area contributed by atoms with Gasteiger partial charge < -0.3 is 11.1 Å². The van der Waals surface area contributed by atoms with Gasteiger partial charge in [0.05, 0.1) is 6.20 Å². The Morgan fingerprint density at radius 1 is 1.38 bits per heavy atom. The third-order valence-electron chi connectivity index (χ3n) is 4.61. The molecule has 1 aliphatic rings. The Morgan fingerprint density at radius 3 is 2.86 bits per heavy atom.